The molecule has 0 aliphatic rings. The van der Waals surface area contributed by atoms with Gasteiger partial charge in [-0.1, -0.05) is 32.6 Å². The lowest BCUT2D eigenvalue weighted by Gasteiger charge is -2.08. The topological polar surface area (TPSA) is 26.3 Å². The van der Waals surface area contributed by atoms with Gasteiger partial charge in [-0.2, -0.15) is 0 Å². The van der Waals surface area contributed by atoms with E-state index in [4.69, 9.17) is 6.42 Å². The van der Waals surface area contributed by atoms with E-state index in [9.17, 15) is 4.79 Å². The molecular weight excluding hydrogens is 176 g/mol. The van der Waals surface area contributed by atoms with Crippen LogP contribution in [0.15, 0.2) is 0 Å². The summed E-state index contributed by atoms with van der Waals surface area (Å²) in [5.74, 6) is 2.49. The van der Waals surface area contributed by atoms with Crippen LogP contribution in [-0.2, 0) is 9.53 Å². The molecule has 1 atom stereocenters. The molecule has 0 aromatic rings. The van der Waals surface area contributed by atoms with Crippen LogP contribution in [0.2, 0.25) is 0 Å². The minimum Gasteiger partial charge on any atom is -0.469 e. The predicted octanol–water partition coefficient (Wildman–Crippen LogP) is 2.77. The maximum absolute atomic E-state index is 11.0. The molecule has 0 heterocycles. The molecule has 0 spiro atoms. The van der Waals surface area contributed by atoms with Crippen molar-refractivity contribution in [2.75, 3.05) is 7.11 Å². The fourth-order valence-corrected chi connectivity index (χ4v) is 1.35. The third kappa shape index (κ3) is 6.54. The van der Waals surface area contributed by atoms with E-state index in [1.165, 1.54) is 26.4 Å². The second-order valence-corrected chi connectivity index (χ2v) is 3.49. The lowest BCUT2D eigenvalue weighted by Crippen LogP contribution is -2.08. The summed E-state index contributed by atoms with van der Waals surface area (Å²) in [6, 6.07) is 0. The SMILES string of the molecule is C#C[C@@H](CCCCCC)CC(=O)OC. The van der Waals surface area contributed by atoms with Gasteiger partial charge in [0.15, 0.2) is 0 Å². The van der Waals surface area contributed by atoms with Crippen molar-refractivity contribution < 1.29 is 9.53 Å². The minimum absolute atomic E-state index is 0.0549. The smallest absolute Gasteiger partial charge is 0.306 e. The van der Waals surface area contributed by atoms with Crippen molar-refractivity contribution in [3.63, 3.8) is 0 Å². The van der Waals surface area contributed by atoms with E-state index in [2.05, 4.69) is 17.6 Å². The zero-order valence-electron chi connectivity index (χ0n) is 9.21. The van der Waals surface area contributed by atoms with E-state index in [1.807, 2.05) is 0 Å². The van der Waals surface area contributed by atoms with Crippen LogP contribution >= 0.6 is 0 Å². The van der Waals surface area contributed by atoms with E-state index < -0.39 is 0 Å². The molecule has 0 saturated carbocycles. The maximum Gasteiger partial charge on any atom is 0.306 e. The highest BCUT2D eigenvalue weighted by Crippen LogP contribution is 2.14. The van der Waals surface area contributed by atoms with Crippen LogP contribution in [0.25, 0.3) is 0 Å². The summed E-state index contributed by atoms with van der Waals surface area (Å²) in [7, 11) is 1.40. The summed E-state index contributed by atoms with van der Waals surface area (Å²) in [6.07, 6.45) is 11.4. The summed E-state index contributed by atoms with van der Waals surface area (Å²) in [5, 5.41) is 0. The van der Waals surface area contributed by atoms with Crippen molar-refractivity contribution in [3.05, 3.63) is 0 Å². The van der Waals surface area contributed by atoms with Crippen LogP contribution in [0.5, 0.6) is 0 Å². The number of ether oxygens (including phenoxy) is 1. The molecule has 2 heteroatoms. The van der Waals surface area contributed by atoms with Gasteiger partial charge < -0.3 is 4.74 Å². The second kappa shape index (κ2) is 8.62. The van der Waals surface area contributed by atoms with Gasteiger partial charge in [0.05, 0.1) is 13.5 Å². The number of carbonyl (C=O) groups excluding carboxylic acids is 1. The first-order chi connectivity index (χ1) is 6.74. The first-order valence-corrected chi connectivity index (χ1v) is 5.27. The third-order valence-electron chi connectivity index (χ3n) is 2.28. The molecule has 0 aliphatic heterocycles. The van der Waals surface area contributed by atoms with Gasteiger partial charge in [-0.25, -0.2) is 0 Å². The van der Waals surface area contributed by atoms with Crippen LogP contribution in [0.1, 0.15) is 45.4 Å². The Kier molecular flexibility index (Phi) is 8.02. The van der Waals surface area contributed by atoms with Crippen LogP contribution in [0.4, 0.5) is 0 Å². The highest BCUT2D eigenvalue weighted by molar-refractivity contribution is 5.69. The van der Waals surface area contributed by atoms with Crippen molar-refractivity contribution in [1.29, 1.82) is 0 Å². The minimum atomic E-state index is -0.205. The first-order valence-electron chi connectivity index (χ1n) is 5.27. The zero-order valence-corrected chi connectivity index (χ0v) is 9.21. The van der Waals surface area contributed by atoms with Crippen LogP contribution in [-0.4, -0.2) is 13.1 Å². The van der Waals surface area contributed by atoms with Crippen molar-refractivity contribution >= 4 is 5.97 Å². The molecule has 0 aromatic heterocycles. The Labute approximate surface area is 87.0 Å². The molecule has 0 aromatic carbocycles. The Morgan fingerprint density at radius 2 is 2.14 bits per heavy atom. The van der Waals surface area contributed by atoms with Crippen molar-refractivity contribution in [2.45, 2.75) is 45.4 Å². The van der Waals surface area contributed by atoms with Gasteiger partial charge in [0.25, 0.3) is 0 Å². The molecule has 2 nitrogen and oxygen atoms in total. The largest absolute Gasteiger partial charge is 0.469 e. The van der Waals surface area contributed by atoms with E-state index in [-0.39, 0.29) is 11.9 Å². The van der Waals surface area contributed by atoms with Gasteiger partial charge >= 0.3 is 5.97 Å². The second-order valence-electron chi connectivity index (χ2n) is 3.49. The fourth-order valence-electron chi connectivity index (χ4n) is 1.35. The molecular formula is C12H20O2. The molecule has 0 aliphatic carbocycles. The summed E-state index contributed by atoms with van der Waals surface area (Å²) in [6.45, 7) is 2.17. The van der Waals surface area contributed by atoms with Gasteiger partial charge in [-0.05, 0) is 6.42 Å². The van der Waals surface area contributed by atoms with Crippen molar-refractivity contribution in [2.24, 2.45) is 5.92 Å². The number of hydrogen-bond acceptors (Lipinski definition) is 2. The Morgan fingerprint density at radius 3 is 2.64 bits per heavy atom. The molecule has 0 fully saturated rings. The summed E-state index contributed by atoms with van der Waals surface area (Å²) in [5.41, 5.74) is 0. The third-order valence-corrected chi connectivity index (χ3v) is 2.28. The molecule has 0 amide bonds. The summed E-state index contributed by atoms with van der Waals surface area (Å²) in [4.78, 5) is 11.0. The Bertz CT molecular complexity index is 191. The number of esters is 1. The molecule has 0 unspecified atom stereocenters. The number of unbranched alkanes of at least 4 members (excludes halogenated alkanes) is 3. The molecule has 0 N–H and O–H groups in total. The number of rotatable bonds is 7. The van der Waals surface area contributed by atoms with E-state index in [0.717, 1.165) is 12.8 Å². The highest BCUT2D eigenvalue weighted by Gasteiger charge is 2.10. The van der Waals surface area contributed by atoms with E-state index in [1.54, 1.807) is 0 Å². The number of carbonyl (C=O) groups is 1. The number of methoxy groups -OCH3 is 1. The quantitative estimate of drug-likeness (QED) is 0.355. The van der Waals surface area contributed by atoms with Crippen LogP contribution in [0.3, 0.4) is 0 Å². The predicted molar refractivity (Wildman–Crippen MR) is 57.7 cm³/mol. The number of terminal acetylenes is 1. The monoisotopic (exact) mass is 196 g/mol. The van der Waals surface area contributed by atoms with Crippen LogP contribution < -0.4 is 0 Å². The van der Waals surface area contributed by atoms with Crippen molar-refractivity contribution in [3.8, 4) is 12.3 Å². The lowest BCUT2D eigenvalue weighted by molar-refractivity contribution is -0.141. The van der Waals surface area contributed by atoms with Crippen LogP contribution in [0, 0.1) is 18.3 Å². The lowest BCUT2D eigenvalue weighted by atomic mass is 9.98. The van der Waals surface area contributed by atoms with Crippen molar-refractivity contribution in [1.82, 2.24) is 0 Å². The van der Waals surface area contributed by atoms with Gasteiger partial charge in [-0.3, -0.25) is 4.79 Å². The van der Waals surface area contributed by atoms with E-state index in [0.29, 0.717) is 6.42 Å². The standard InChI is InChI=1S/C12H20O2/c1-4-6-7-8-9-11(5-2)10-12(13)14-3/h2,11H,4,6-10H2,1,3H3/t11-/m0/s1. The maximum atomic E-state index is 11.0. The molecule has 0 saturated heterocycles. The Morgan fingerprint density at radius 1 is 1.43 bits per heavy atom. The first kappa shape index (κ1) is 13.0. The van der Waals surface area contributed by atoms with Gasteiger partial charge in [0, 0.05) is 5.92 Å². The average molecular weight is 196 g/mol. The van der Waals surface area contributed by atoms with Gasteiger partial charge in [0.2, 0.25) is 0 Å². The summed E-state index contributed by atoms with van der Waals surface area (Å²) < 4.78 is 4.58. The molecule has 0 radical (unpaired) electrons. The van der Waals surface area contributed by atoms with Gasteiger partial charge in [-0.15, -0.1) is 12.3 Å². The summed E-state index contributed by atoms with van der Waals surface area (Å²) >= 11 is 0. The molecule has 14 heavy (non-hydrogen) atoms. The Hall–Kier alpha value is -0.970. The normalized spacial score (nSPS) is 11.8. The average Bonchev–Trinajstić information content (AvgIpc) is 2.22. The van der Waals surface area contributed by atoms with E-state index >= 15 is 0 Å². The number of hydrogen-bond donors (Lipinski definition) is 0. The fraction of sp³-hybridized carbons (Fsp3) is 0.750. The highest BCUT2D eigenvalue weighted by atomic mass is 16.5. The Balaban J connectivity index is 3.59. The molecule has 0 rings (SSSR count). The zero-order chi connectivity index (χ0) is 10.8. The molecule has 0 bridgehead atoms. The molecule has 80 valence electrons. The van der Waals surface area contributed by atoms with Gasteiger partial charge in [0.1, 0.15) is 0 Å².